The number of aliphatic hydroxyl groups is 1. The van der Waals surface area contributed by atoms with Gasteiger partial charge in [-0.25, -0.2) is 4.98 Å². The van der Waals surface area contributed by atoms with Crippen molar-refractivity contribution in [1.29, 1.82) is 0 Å². The molecular formula is C9H14BrN3O. The van der Waals surface area contributed by atoms with E-state index in [1.54, 1.807) is 0 Å². The Kier molecular flexibility index (Phi) is 2.90. The largest absolute Gasteiger partial charge is 0.384 e. The van der Waals surface area contributed by atoms with Gasteiger partial charge in [0.05, 0.1) is 5.69 Å². The van der Waals surface area contributed by atoms with Crippen molar-refractivity contribution >= 4 is 15.9 Å². The first-order valence-electron chi connectivity index (χ1n) is 4.87. The molecule has 78 valence electrons. The van der Waals surface area contributed by atoms with Gasteiger partial charge in [-0.3, -0.25) is 0 Å². The summed E-state index contributed by atoms with van der Waals surface area (Å²) in [5.41, 5.74) is 6.62. The summed E-state index contributed by atoms with van der Waals surface area (Å²) in [6.45, 7) is 1.17. The monoisotopic (exact) mass is 259 g/mol. The lowest BCUT2D eigenvalue weighted by atomic mass is 10.1. The molecule has 1 atom stereocenters. The zero-order chi connectivity index (χ0) is 10.1. The summed E-state index contributed by atoms with van der Waals surface area (Å²) in [4.78, 5) is 4.31. The first-order valence-corrected chi connectivity index (χ1v) is 5.66. The topological polar surface area (TPSA) is 64.1 Å². The van der Waals surface area contributed by atoms with Gasteiger partial charge < -0.3 is 15.4 Å². The van der Waals surface area contributed by atoms with Crippen molar-refractivity contribution in [1.82, 2.24) is 9.55 Å². The number of rotatable bonds is 2. The SMILES string of the molecule is NCC(O)c1nc(Br)c2n1CCCC2. The third kappa shape index (κ3) is 1.60. The van der Waals surface area contributed by atoms with E-state index < -0.39 is 6.10 Å². The van der Waals surface area contributed by atoms with E-state index in [2.05, 4.69) is 25.5 Å². The fourth-order valence-corrected chi connectivity index (χ4v) is 2.48. The van der Waals surface area contributed by atoms with Gasteiger partial charge >= 0.3 is 0 Å². The van der Waals surface area contributed by atoms with E-state index in [9.17, 15) is 5.11 Å². The predicted molar refractivity (Wildman–Crippen MR) is 56.9 cm³/mol. The van der Waals surface area contributed by atoms with Crippen LogP contribution in [0.15, 0.2) is 4.60 Å². The first kappa shape index (κ1) is 10.1. The quantitative estimate of drug-likeness (QED) is 0.832. The highest BCUT2D eigenvalue weighted by Crippen LogP contribution is 2.27. The Labute approximate surface area is 91.3 Å². The highest BCUT2D eigenvalue weighted by molar-refractivity contribution is 9.10. The molecule has 0 bridgehead atoms. The summed E-state index contributed by atoms with van der Waals surface area (Å²) < 4.78 is 2.95. The molecule has 14 heavy (non-hydrogen) atoms. The number of hydrogen-bond donors (Lipinski definition) is 2. The maximum absolute atomic E-state index is 9.67. The maximum atomic E-state index is 9.67. The highest BCUT2D eigenvalue weighted by Gasteiger charge is 2.21. The lowest BCUT2D eigenvalue weighted by molar-refractivity contribution is 0.170. The van der Waals surface area contributed by atoms with Crippen LogP contribution in [0.3, 0.4) is 0 Å². The van der Waals surface area contributed by atoms with Crippen LogP contribution in [0, 0.1) is 0 Å². The van der Waals surface area contributed by atoms with Crippen molar-refractivity contribution in [2.75, 3.05) is 6.54 Å². The first-order chi connectivity index (χ1) is 6.74. The molecule has 0 radical (unpaired) electrons. The Hall–Kier alpha value is -0.390. The molecular weight excluding hydrogens is 246 g/mol. The molecule has 0 amide bonds. The Morgan fingerprint density at radius 1 is 1.57 bits per heavy atom. The van der Waals surface area contributed by atoms with Gasteiger partial charge in [-0.15, -0.1) is 0 Å². The fourth-order valence-electron chi connectivity index (χ4n) is 1.88. The molecule has 0 fully saturated rings. The van der Waals surface area contributed by atoms with Crippen LogP contribution >= 0.6 is 15.9 Å². The van der Waals surface area contributed by atoms with Crippen molar-refractivity contribution in [3.63, 3.8) is 0 Å². The van der Waals surface area contributed by atoms with Crippen LogP contribution in [0.2, 0.25) is 0 Å². The molecule has 1 aliphatic heterocycles. The minimum absolute atomic E-state index is 0.225. The van der Waals surface area contributed by atoms with Crippen LogP contribution < -0.4 is 5.73 Å². The Morgan fingerprint density at radius 3 is 3.07 bits per heavy atom. The summed E-state index contributed by atoms with van der Waals surface area (Å²) >= 11 is 3.42. The van der Waals surface area contributed by atoms with Crippen LogP contribution in [-0.2, 0) is 13.0 Å². The van der Waals surface area contributed by atoms with Crippen molar-refractivity contribution in [3.05, 3.63) is 16.1 Å². The van der Waals surface area contributed by atoms with E-state index in [0.717, 1.165) is 24.0 Å². The standard InChI is InChI=1S/C9H14BrN3O/c10-8-6-3-1-2-4-13(6)9(12-8)7(14)5-11/h7,14H,1-5,11H2. The zero-order valence-electron chi connectivity index (χ0n) is 7.91. The molecule has 0 spiro atoms. The third-order valence-electron chi connectivity index (χ3n) is 2.62. The van der Waals surface area contributed by atoms with Gasteiger partial charge in [-0.05, 0) is 35.2 Å². The van der Waals surface area contributed by atoms with Gasteiger partial charge in [0.25, 0.3) is 0 Å². The Balaban J connectivity index is 2.41. The molecule has 2 heterocycles. The smallest absolute Gasteiger partial charge is 0.140 e. The van der Waals surface area contributed by atoms with E-state index in [4.69, 9.17) is 5.73 Å². The van der Waals surface area contributed by atoms with Crippen LogP contribution in [-0.4, -0.2) is 21.2 Å². The molecule has 4 nitrogen and oxygen atoms in total. The van der Waals surface area contributed by atoms with E-state index in [-0.39, 0.29) is 6.54 Å². The average molecular weight is 260 g/mol. The molecule has 0 saturated carbocycles. The summed E-state index contributed by atoms with van der Waals surface area (Å²) in [5, 5.41) is 9.67. The number of nitrogens with zero attached hydrogens (tertiary/aromatic N) is 2. The number of halogens is 1. The van der Waals surface area contributed by atoms with Crippen molar-refractivity contribution < 1.29 is 5.11 Å². The minimum Gasteiger partial charge on any atom is -0.384 e. The lowest BCUT2D eigenvalue weighted by Gasteiger charge is -2.18. The number of aliphatic hydroxyl groups excluding tert-OH is 1. The zero-order valence-corrected chi connectivity index (χ0v) is 9.50. The summed E-state index contributed by atoms with van der Waals surface area (Å²) in [6, 6.07) is 0. The van der Waals surface area contributed by atoms with E-state index in [0.29, 0.717) is 5.82 Å². The molecule has 1 unspecified atom stereocenters. The van der Waals surface area contributed by atoms with Crippen LogP contribution in [0.5, 0.6) is 0 Å². The molecule has 3 N–H and O–H groups in total. The summed E-state index contributed by atoms with van der Waals surface area (Å²) in [7, 11) is 0. The van der Waals surface area contributed by atoms with Gasteiger partial charge in [-0.1, -0.05) is 0 Å². The van der Waals surface area contributed by atoms with Crippen molar-refractivity contribution in [2.24, 2.45) is 5.73 Å². The van der Waals surface area contributed by atoms with Gasteiger partial charge in [0.1, 0.15) is 16.5 Å². The van der Waals surface area contributed by atoms with Gasteiger partial charge in [0.15, 0.2) is 0 Å². The highest BCUT2D eigenvalue weighted by atomic mass is 79.9. The van der Waals surface area contributed by atoms with Crippen molar-refractivity contribution in [2.45, 2.75) is 31.9 Å². The lowest BCUT2D eigenvalue weighted by Crippen LogP contribution is -2.19. The van der Waals surface area contributed by atoms with E-state index >= 15 is 0 Å². The molecule has 0 aliphatic carbocycles. The Bertz CT molecular complexity index is 337. The number of imidazole rings is 1. The number of hydrogen-bond acceptors (Lipinski definition) is 3. The third-order valence-corrected chi connectivity index (χ3v) is 3.25. The fraction of sp³-hybridized carbons (Fsp3) is 0.667. The number of nitrogens with two attached hydrogens (primary N) is 1. The van der Waals surface area contributed by atoms with E-state index in [1.165, 1.54) is 12.1 Å². The second-order valence-electron chi connectivity index (χ2n) is 3.57. The summed E-state index contributed by atoms with van der Waals surface area (Å²) in [5.74, 6) is 0.703. The number of aromatic nitrogens is 2. The van der Waals surface area contributed by atoms with E-state index in [1.807, 2.05) is 0 Å². The molecule has 2 rings (SSSR count). The molecule has 0 aromatic carbocycles. The van der Waals surface area contributed by atoms with Gasteiger partial charge in [0.2, 0.25) is 0 Å². The Morgan fingerprint density at radius 2 is 2.36 bits per heavy atom. The normalized spacial score (nSPS) is 17.9. The van der Waals surface area contributed by atoms with Gasteiger partial charge in [0, 0.05) is 13.1 Å². The van der Waals surface area contributed by atoms with Crippen LogP contribution in [0.25, 0.3) is 0 Å². The second-order valence-corrected chi connectivity index (χ2v) is 4.32. The predicted octanol–water partition coefficient (Wildman–Crippen LogP) is 0.974. The maximum Gasteiger partial charge on any atom is 0.140 e. The number of fused-ring (bicyclic) bond motifs is 1. The van der Waals surface area contributed by atoms with Crippen molar-refractivity contribution in [3.8, 4) is 0 Å². The van der Waals surface area contributed by atoms with Crippen LogP contribution in [0.1, 0.15) is 30.5 Å². The molecule has 0 saturated heterocycles. The summed E-state index contributed by atoms with van der Waals surface area (Å²) in [6.07, 6.45) is 2.74. The second kappa shape index (κ2) is 4.00. The van der Waals surface area contributed by atoms with Crippen LogP contribution in [0.4, 0.5) is 0 Å². The van der Waals surface area contributed by atoms with Gasteiger partial charge in [-0.2, -0.15) is 0 Å². The molecule has 1 aromatic heterocycles. The molecule has 5 heteroatoms. The molecule has 1 aliphatic rings. The average Bonchev–Trinajstić information content (AvgIpc) is 2.56. The minimum atomic E-state index is -0.641. The molecule has 1 aromatic rings.